The highest BCUT2D eigenvalue weighted by molar-refractivity contribution is 7.99. The second kappa shape index (κ2) is 11.9. The SMILES string of the molecule is CCOC(=O)C(CC)(CCc1ccc(Sc2ccc(-c3coc(CC)n3)cc2)cc1)NC(C)=O. The number of aromatic nitrogens is 1. The minimum atomic E-state index is -1.00. The number of amides is 1. The third kappa shape index (κ3) is 6.50. The highest BCUT2D eigenvalue weighted by atomic mass is 32.2. The molecule has 7 heteroatoms. The predicted octanol–water partition coefficient (Wildman–Crippen LogP) is 5.84. The van der Waals surface area contributed by atoms with Gasteiger partial charge < -0.3 is 14.5 Å². The molecule has 0 aliphatic rings. The molecule has 3 aromatic rings. The van der Waals surface area contributed by atoms with Crippen molar-refractivity contribution < 1.29 is 18.7 Å². The largest absolute Gasteiger partial charge is 0.464 e. The minimum Gasteiger partial charge on any atom is -0.464 e. The van der Waals surface area contributed by atoms with Crippen molar-refractivity contribution in [2.75, 3.05) is 6.61 Å². The molecule has 0 fully saturated rings. The molecule has 0 aliphatic heterocycles. The second-order valence-corrected chi connectivity index (χ2v) is 9.23. The molecule has 1 N–H and O–H groups in total. The summed E-state index contributed by atoms with van der Waals surface area (Å²) in [6, 6.07) is 16.6. The van der Waals surface area contributed by atoms with E-state index < -0.39 is 5.54 Å². The van der Waals surface area contributed by atoms with Gasteiger partial charge in [0, 0.05) is 28.7 Å². The van der Waals surface area contributed by atoms with Crippen LogP contribution in [0.25, 0.3) is 11.3 Å². The first-order chi connectivity index (χ1) is 16.4. The van der Waals surface area contributed by atoms with E-state index in [1.165, 1.54) is 6.92 Å². The van der Waals surface area contributed by atoms with Gasteiger partial charge in [0.25, 0.3) is 0 Å². The number of benzene rings is 2. The van der Waals surface area contributed by atoms with Crippen LogP contribution in [0.15, 0.2) is 69.0 Å². The third-order valence-electron chi connectivity index (χ3n) is 5.69. The van der Waals surface area contributed by atoms with Gasteiger partial charge in [-0.05, 0) is 56.0 Å². The monoisotopic (exact) mass is 480 g/mol. The molecular formula is C27H32N2O4S. The summed E-state index contributed by atoms with van der Waals surface area (Å²) in [5, 5.41) is 2.83. The first kappa shape index (κ1) is 25.6. The number of carbonyl (C=O) groups is 2. The van der Waals surface area contributed by atoms with Gasteiger partial charge in [0.05, 0.1) is 6.61 Å². The van der Waals surface area contributed by atoms with Crippen LogP contribution in [0.5, 0.6) is 0 Å². The lowest BCUT2D eigenvalue weighted by Crippen LogP contribution is -2.54. The molecule has 6 nitrogen and oxygen atoms in total. The smallest absolute Gasteiger partial charge is 0.331 e. The average molecular weight is 481 g/mol. The van der Waals surface area contributed by atoms with Gasteiger partial charge in [0.15, 0.2) is 5.89 Å². The number of oxazole rings is 1. The molecule has 1 atom stereocenters. The molecule has 1 aromatic heterocycles. The first-order valence-electron chi connectivity index (χ1n) is 11.7. The molecule has 3 rings (SSSR count). The van der Waals surface area contributed by atoms with Gasteiger partial charge in [-0.1, -0.05) is 49.9 Å². The standard InChI is InChI=1S/C27H32N2O4S/c1-5-25-28-24(18-33-25)21-10-14-23(15-11-21)34-22-12-8-20(9-13-22)16-17-27(6-2,29-19(4)30)26(31)32-7-3/h8-15,18H,5-7,16-17H2,1-4H3,(H,29,30). The van der Waals surface area contributed by atoms with Crippen LogP contribution in [0, 0.1) is 0 Å². The van der Waals surface area contributed by atoms with Crippen molar-refractivity contribution in [1.82, 2.24) is 10.3 Å². The Balaban J connectivity index is 1.63. The molecule has 180 valence electrons. The maximum Gasteiger partial charge on any atom is 0.331 e. The van der Waals surface area contributed by atoms with E-state index in [1.807, 2.05) is 13.8 Å². The van der Waals surface area contributed by atoms with Gasteiger partial charge in [-0.25, -0.2) is 9.78 Å². The Morgan fingerprint density at radius 3 is 2.21 bits per heavy atom. The molecule has 0 saturated heterocycles. The van der Waals surface area contributed by atoms with Gasteiger partial charge in [-0.15, -0.1) is 0 Å². The van der Waals surface area contributed by atoms with Crippen molar-refractivity contribution in [2.45, 2.75) is 68.7 Å². The van der Waals surface area contributed by atoms with Crippen molar-refractivity contribution in [3.05, 3.63) is 66.2 Å². The molecule has 0 bridgehead atoms. The number of aryl methyl sites for hydroxylation is 2. The zero-order valence-corrected chi connectivity index (χ0v) is 21.0. The van der Waals surface area contributed by atoms with Crippen LogP contribution in [0.1, 0.15) is 52.0 Å². The Hall–Kier alpha value is -3.06. The molecule has 1 unspecified atom stereocenters. The van der Waals surface area contributed by atoms with E-state index in [-0.39, 0.29) is 18.5 Å². The summed E-state index contributed by atoms with van der Waals surface area (Å²) >= 11 is 1.68. The molecule has 1 amide bonds. The molecule has 0 radical (unpaired) electrons. The van der Waals surface area contributed by atoms with Crippen molar-refractivity contribution >= 4 is 23.6 Å². The number of ether oxygens (including phenoxy) is 1. The lowest BCUT2D eigenvalue weighted by Gasteiger charge is -2.31. The van der Waals surface area contributed by atoms with E-state index >= 15 is 0 Å². The van der Waals surface area contributed by atoms with E-state index in [0.717, 1.165) is 38.9 Å². The van der Waals surface area contributed by atoms with Gasteiger partial charge in [0.1, 0.15) is 17.5 Å². The Bertz CT molecular complexity index is 1090. The highest BCUT2D eigenvalue weighted by Gasteiger charge is 2.38. The second-order valence-electron chi connectivity index (χ2n) is 8.09. The lowest BCUT2D eigenvalue weighted by atomic mass is 9.88. The number of nitrogens with one attached hydrogen (secondary N) is 1. The van der Waals surface area contributed by atoms with E-state index in [2.05, 4.69) is 58.8 Å². The number of esters is 1. The van der Waals surface area contributed by atoms with Crippen molar-refractivity contribution in [3.8, 4) is 11.3 Å². The fourth-order valence-electron chi connectivity index (χ4n) is 3.75. The number of hydrogen-bond acceptors (Lipinski definition) is 6. The summed E-state index contributed by atoms with van der Waals surface area (Å²) in [4.78, 5) is 31.1. The van der Waals surface area contributed by atoms with Gasteiger partial charge in [0.2, 0.25) is 5.91 Å². The highest BCUT2D eigenvalue weighted by Crippen LogP contribution is 2.30. The normalized spacial score (nSPS) is 12.7. The van der Waals surface area contributed by atoms with Gasteiger partial charge >= 0.3 is 5.97 Å². The molecule has 2 aromatic carbocycles. The molecule has 34 heavy (non-hydrogen) atoms. The Kier molecular flexibility index (Phi) is 8.93. The van der Waals surface area contributed by atoms with Crippen LogP contribution in [-0.2, 0) is 27.2 Å². The van der Waals surface area contributed by atoms with Crippen LogP contribution >= 0.6 is 11.8 Å². The van der Waals surface area contributed by atoms with Crippen molar-refractivity contribution in [1.29, 1.82) is 0 Å². The zero-order chi connectivity index (χ0) is 24.6. The van der Waals surface area contributed by atoms with Crippen molar-refractivity contribution in [2.24, 2.45) is 0 Å². The van der Waals surface area contributed by atoms with E-state index in [0.29, 0.717) is 19.3 Å². The predicted molar refractivity (Wildman–Crippen MR) is 134 cm³/mol. The molecule has 1 heterocycles. The molecule has 0 saturated carbocycles. The fraction of sp³-hybridized carbons (Fsp3) is 0.370. The Morgan fingerprint density at radius 1 is 1.03 bits per heavy atom. The number of nitrogens with zero attached hydrogens (tertiary/aromatic N) is 1. The van der Waals surface area contributed by atoms with Crippen LogP contribution in [0.3, 0.4) is 0 Å². The summed E-state index contributed by atoms with van der Waals surface area (Å²) < 4.78 is 10.7. The summed E-state index contributed by atoms with van der Waals surface area (Å²) in [5.74, 6) is 0.130. The van der Waals surface area contributed by atoms with Crippen LogP contribution in [0.2, 0.25) is 0 Å². The number of rotatable bonds is 11. The molecular weight excluding hydrogens is 448 g/mol. The van der Waals surface area contributed by atoms with Crippen LogP contribution in [-0.4, -0.2) is 29.0 Å². The first-order valence-corrected chi connectivity index (χ1v) is 12.5. The maximum absolute atomic E-state index is 12.6. The fourth-order valence-corrected chi connectivity index (χ4v) is 4.57. The number of hydrogen-bond donors (Lipinski definition) is 1. The van der Waals surface area contributed by atoms with Gasteiger partial charge in [-0.3, -0.25) is 4.79 Å². The van der Waals surface area contributed by atoms with Crippen molar-refractivity contribution in [3.63, 3.8) is 0 Å². The summed E-state index contributed by atoms with van der Waals surface area (Å²) in [6.07, 6.45) is 4.09. The molecule has 0 aliphatic carbocycles. The van der Waals surface area contributed by atoms with E-state index in [4.69, 9.17) is 9.15 Å². The van der Waals surface area contributed by atoms with Crippen LogP contribution in [0.4, 0.5) is 0 Å². The lowest BCUT2D eigenvalue weighted by molar-refractivity contribution is -0.153. The molecule has 0 spiro atoms. The maximum atomic E-state index is 12.6. The van der Waals surface area contributed by atoms with Crippen LogP contribution < -0.4 is 5.32 Å². The van der Waals surface area contributed by atoms with Gasteiger partial charge in [-0.2, -0.15) is 0 Å². The Morgan fingerprint density at radius 2 is 1.68 bits per heavy atom. The Labute approximate surface area is 205 Å². The number of carbonyl (C=O) groups excluding carboxylic acids is 2. The minimum absolute atomic E-state index is 0.234. The zero-order valence-electron chi connectivity index (χ0n) is 20.2. The topological polar surface area (TPSA) is 81.4 Å². The third-order valence-corrected chi connectivity index (χ3v) is 6.70. The summed E-state index contributed by atoms with van der Waals surface area (Å²) in [7, 11) is 0. The summed E-state index contributed by atoms with van der Waals surface area (Å²) in [5.41, 5.74) is 1.98. The van der Waals surface area contributed by atoms with E-state index in [9.17, 15) is 9.59 Å². The summed E-state index contributed by atoms with van der Waals surface area (Å²) in [6.45, 7) is 7.39. The average Bonchev–Trinajstić information content (AvgIpc) is 3.32. The quantitative estimate of drug-likeness (QED) is 0.348. The van der Waals surface area contributed by atoms with E-state index in [1.54, 1.807) is 24.9 Å².